The molecule has 4 heteroatoms. The first-order chi connectivity index (χ1) is 11.9. The van der Waals surface area contributed by atoms with Crippen LogP contribution in [-0.2, 0) is 6.54 Å². The third-order valence-corrected chi connectivity index (χ3v) is 4.67. The Balaban J connectivity index is 1.73. The minimum atomic E-state index is 0.813. The van der Waals surface area contributed by atoms with Gasteiger partial charge in [-0.3, -0.25) is 0 Å². The summed E-state index contributed by atoms with van der Waals surface area (Å²) in [6.07, 6.45) is 0. The van der Waals surface area contributed by atoms with Crippen LogP contribution in [0.1, 0.15) is 5.56 Å². The first-order valence-corrected chi connectivity index (χ1v) is 8.53. The maximum absolute atomic E-state index is 5.75. The molecule has 0 bridgehead atoms. The molecule has 24 heavy (non-hydrogen) atoms. The molecule has 0 unspecified atom stereocenters. The molecule has 0 saturated heterocycles. The number of nitrogens with one attached hydrogen (secondary N) is 1. The molecule has 1 aliphatic heterocycles. The lowest BCUT2D eigenvalue weighted by molar-refractivity contribution is 0.416. The number of hydrogen-bond donors (Lipinski definition) is 1. The van der Waals surface area contributed by atoms with Gasteiger partial charge in [-0.25, -0.2) is 4.72 Å². The van der Waals surface area contributed by atoms with Crippen molar-refractivity contribution >= 4 is 12.2 Å². The van der Waals surface area contributed by atoms with Gasteiger partial charge in [-0.05, 0) is 17.2 Å². The minimum Gasteiger partial charge on any atom is -0.496 e. The Hall–Kier alpha value is -2.43. The molecule has 1 aliphatic rings. The molecule has 0 amide bonds. The number of para-hydroxylation sites is 2. The van der Waals surface area contributed by atoms with Gasteiger partial charge in [0.1, 0.15) is 18.0 Å². The molecular weight excluding hydrogens is 318 g/mol. The fourth-order valence-corrected chi connectivity index (χ4v) is 3.49. The van der Waals surface area contributed by atoms with Crippen LogP contribution in [-0.4, -0.2) is 7.11 Å². The smallest absolute Gasteiger partial charge is 0.151 e. The van der Waals surface area contributed by atoms with Crippen molar-refractivity contribution in [2.45, 2.75) is 6.54 Å². The second kappa shape index (κ2) is 6.59. The van der Waals surface area contributed by atoms with E-state index in [1.165, 1.54) is 17.8 Å². The molecule has 120 valence electrons. The molecule has 4 rings (SSSR count). The van der Waals surface area contributed by atoms with Crippen LogP contribution in [0.5, 0.6) is 11.5 Å². The van der Waals surface area contributed by atoms with E-state index in [1.807, 2.05) is 18.2 Å². The highest BCUT2D eigenvalue weighted by Crippen LogP contribution is 2.38. The van der Waals surface area contributed by atoms with Gasteiger partial charge in [0.2, 0.25) is 0 Å². The monoisotopic (exact) mass is 335 g/mol. The van der Waals surface area contributed by atoms with E-state index in [0.717, 1.165) is 40.3 Å². The Bertz CT molecular complexity index is 862. The normalized spacial score (nSPS) is 13.0. The molecule has 0 radical (unpaired) electrons. The van der Waals surface area contributed by atoms with Gasteiger partial charge in [-0.1, -0.05) is 60.7 Å². The number of fused-ring (bicyclic) bond motifs is 1. The SMILES string of the molecule is COc1ccccc1-c1ccc(-c2cccc3c2OSNC3)cc1. The third kappa shape index (κ3) is 2.75. The highest BCUT2D eigenvalue weighted by molar-refractivity contribution is 7.93. The maximum Gasteiger partial charge on any atom is 0.151 e. The van der Waals surface area contributed by atoms with Crippen LogP contribution < -0.4 is 13.6 Å². The van der Waals surface area contributed by atoms with Crippen molar-refractivity contribution in [3.8, 4) is 33.8 Å². The molecule has 3 aromatic rings. The van der Waals surface area contributed by atoms with Crippen LogP contribution in [0, 0.1) is 0 Å². The Kier molecular flexibility index (Phi) is 4.15. The molecule has 0 fully saturated rings. The minimum absolute atomic E-state index is 0.813. The van der Waals surface area contributed by atoms with Gasteiger partial charge in [-0.2, -0.15) is 0 Å². The lowest BCUT2D eigenvalue weighted by Crippen LogP contribution is -2.12. The van der Waals surface area contributed by atoms with E-state index < -0.39 is 0 Å². The summed E-state index contributed by atoms with van der Waals surface area (Å²) in [4.78, 5) is 0. The first kappa shape index (κ1) is 15.1. The zero-order valence-corrected chi connectivity index (χ0v) is 14.1. The predicted octanol–water partition coefficient (Wildman–Crippen LogP) is 5.07. The van der Waals surface area contributed by atoms with E-state index in [1.54, 1.807) is 7.11 Å². The summed E-state index contributed by atoms with van der Waals surface area (Å²) in [6.45, 7) is 0.813. The van der Waals surface area contributed by atoms with E-state index in [9.17, 15) is 0 Å². The number of methoxy groups -OCH3 is 1. The fraction of sp³-hybridized carbons (Fsp3) is 0.100. The summed E-state index contributed by atoms with van der Waals surface area (Å²) in [7, 11) is 1.70. The fourth-order valence-electron chi connectivity index (χ4n) is 2.94. The lowest BCUT2D eigenvalue weighted by Gasteiger charge is -2.19. The highest BCUT2D eigenvalue weighted by atomic mass is 32.2. The molecule has 0 aliphatic carbocycles. The van der Waals surface area contributed by atoms with Crippen molar-refractivity contribution in [3.05, 3.63) is 72.3 Å². The Morgan fingerprint density at radius 3 is 2.38 bits per heavy atom. The molecule has 0 atom stereocenters. The van der Waals surface area contributed by atoms with Crippen LogP contribution in [0.4, 0.5) is 0 Å². The zero-order chi connectivity index (χ0) is 16.4. The van der Waals surface area contributed by atoms with Crippen molar-refractivity contribution in [1.29, 1.82) is 0 Å². The average Bonchev–Trinajstić information content (AvgIpc) is 2.67. The van der Waals surface area contributed by atoms with Crippen LogP contribution >= 0.6 is 12.2 Å². The van der Waals surface area contributed by atoms with Crippen molar-refractivity contribution in [3.63, 3.8) is 0 Å². The first-order valence-electron chi connectivity index (χ1n) is 7.79. The molecule has 1 N–H and O–H groups in total. The number of ether oxygens (including phenoxy) is 1. The summed E-state index contributed by atoms with van der Waals surface area (Å²) < 4.78 is 14.3. The summed E-state index contributed by atoms with van der Waals surface area (Å²) in [5.74, 6) is 1.83. The summed E-state index contributed by atoms with van der Waals surface area (Å²) >= 11 is 1.28. The van der Waals surface area contributed by atoms with Crippen molar-refractivity contribution in [2.24, 2.45) is 0 Å². The van der Waals surface area contributed by atoms with E-state index in [2.05, 4.69) is 53.3 Å². The zero-order valence-electron chi connectivity index (χ0n) is 13.3. The van der Waals surface area contributed by atoms with Crippen LogP contribution in [0.25, 0.3) is 22.3 Å². The second-order valence-corrected chi connectivity index (χ2v) is 6.18. The molecule has 3 nitrogen and oxygen atoms in total. The summed E-state index contributed by atoms with van der Waals surface area (Å²) in [5.41, 5.74) is 5.68. The lowest BCUT2D eigenvalue weighted by atomic mass is 9.98. The standard InChI is InChI=1S/C20H17NO2S/c1-22-19-8-3-2-6-17(19)14-9-11-15(12-10-14)18-7-4-5-16-13-21-24-23-20(16)18/h2-12,21H,13H2,1H3. The number of rotatable bonds is 3. The molecule has 0 aromatic heterocycles. The van der Waals surface area contributed by atoms with Gasteiger partial charge >= 0.3 is 0 Å². The van der Waals surface area contributed by atoms with Crippen molar-refractivity contribution in [1.82, 2.24) is 4.72 Å². The summed E-state index contributed by atoms with van der Waals surface area (Å²) in [5, 5.41) is 0. The molecule has 1 heterocycles. The maximum atomic E-state index is 5.75. The van der Waals surface area contributed by atoms with Gasteiger partial charge in [0.05, 0.1) is 7.11 Å². The topological polar surface area (TPSA) is 30.5 Å². The predicted molar refractivity (Wildman–Crippen MR) is 98.9 cm³/mol. The van der Waals surface area contributed by atoms with Gasteiger partial charge in [0, 0.05) is 23.2 Å². The van der Waals surface area contributed by atoms with Gasteiger partial charge < -0.3 is 8.92 Å². The van der Waals surface area contributed by atoms with Crippen LogP contribution in [0.15, 0.2) is 66.7 Å². The molecule has 0 saturated carbocycles. The third-order valence-electron chi connectivity index (χ3n) is 4.16. The van der Waals surface area contributed by atoms with E-state index in [4.69, 9.17) is 8.92 Å². The molecule has 3 aromatic carbocycles. The average molecular weight is 335 g/mol. The van der Waals surface area contributed by atoms with E-state index in [0.29, 0.717) is 0 Å². The molecular formula is C20H17NO2S. The van der Waals surface area contributed by atoms with Crippen molar-refractivity contribution in [2.75, 3.05) is 7.11 Å². The van der Waals surface area contributed by atoms with Crippen LogP contribution in [0.3, 0.4) is 0 Å². The van der Waals surface area contributed by atoms with Crippen molar-refractivity contribution < 1.29 is 8.92 Å². The summed E-state index contributed by atoms with van der Waals surface area (Å²) in [6, 6.07) is 22.8. The van der Waals surface area contributed by atoms with Gasteiger partial charge in [0.15, 0.2) is 5.75 Å². The van der Waals surface area contributed by atoms with E-state index in [-0.39, 0.29) is 0 Å². The quantitative estimate of drug-likeness (QED) is 0.534. The Labute approximate surface area is 146 Å². The number of benzene rings is 3. The molecule has 0 spiro atoms. The Morgan fingerprint density at radius 1 is 0.875 bits per heavy atom. The van der Waals surface area contributed by atoms with E-state index >= 15 is 0 Å². The number of hydrogen-bond acceptors (Lipinski definition) is 4. The van der Waals surface area contributed by atoms with Gasteiger partial charge in [-0.15, -0.1) is 0 Å². The Morgan fingerprint density at radius 2 is 1.58 bits per heavy atom. The highest BCUT2D eigenvalue weighted by Gasteiger charge is 2.16. The van der Waals surface area contributed by atoms with Crippen LogP contribution in [0.2, 0.25) is 0 Å². The second-order valence-electron chi connectivity index (χ2n) is 5.56. The van der Waals surface area contributed by atoms with Gasteiger partial charge in [0.25, 0.3) is 0 Å². The largest absolute Gasteiger partial charge is 0.496 e.